The van der Waals surface area contributed by atoms with Gasteiger partial charge in [-0.1, -0.05) is 11.8 Å². The van der Waals surface area contributed by atoms with E-state index in [0.29, 0.717) is 12.1 Å². The SMILES string of the molecule is CSc1nccc(N2C3CC2CN(c2ccc4nncn4n2)C3)n1. The molecule has 0 N–H and O–H groups in total. The Hall–Kier alpha value is -2.42. The third-order valence-corrected chi connectivity index (χ3v) is 5.29. The summed E-state index contributed by atoms with van der Waals surface area (Å²) in [6, 6.07) is 6.95. The van der Waals surface area contributed by atoms with E-state index in [-0.39, 0.29) is 0 Å². The first-order valence-corrected chi connectivity index (χ1v) is 9.12. The van der Waals surface area contributed by atoms with Crippen LogP contribution in [0.25, 0.3) is 5.65 Å². The summed E-state index contributed by atoms with van der Waals surface area (Å²) in [6.07, 6.45) is 6.71. The molecule has 0 aliphatic carbocycles. The van der Waals surface area contributed by atoms with E-state index in [0.717, 1.165) is 35.5 Å². The molecular formula is C15H16N8S. The maximum absolute atomic E-state index is 4.65. The van der Waals surface area contributed by atoms with Gasteiger partial charge in [-0.15, -0.1) is 15.3 Å². The van der Waals surface area contributed by atoms with Crippen molar-refractivity contribution in [1.82, 2.24) is 29.8 Å². The van der Waals surface area contributed by atoms with Crippen molar-refractivity contribution in [3.05, 3.63) is 30.7 Å². The van der Waals surface area contributed by atoms with Crippen LogP contribution in [0, 0.1) is 0 Å². The number of piperidine rings is 1. The van der Waals surface area contributed by atoms with Gasteiger partial charge in [0.2, 0.25) is 0 Å². The van der Waals surface area contributed by atoms with Gasteiger partial charge in [0.05, 0.1) is 12.1 Å². The molecule has 0 saturated carbocycles. The molecule has 0 aromatic carbocycles. The fourth-order valence-electron chi connectivity index (χ4n) is 3.63. The van der Waals surface area contributed by atoms with Crippen LogP contribution in [0.4, 0.5) is 11.6 Å². The molecule has 2 bridgehead atoms. The smallest absolute Gasteiger partial charge is 0.189 e. The quantitative estimate of drug-likeness (QED) is 0.518. The summed E-state index contributed by atoms with van der Waals surface area (Å²) < 4.78 is 1.72. The summed E-state index contributed by atoms with van der Waals surface area (Å²) in [4.78, 5) is 13.7. The Bertz CT molecular complexity index is 884. The first-order chi connectivity index (χ1) is 11.8. The van der Waals surface area contributed by atoms with E-state index in [2.05, 4.69) is 35.1 Å². The van der Waals surface area contributed by atoms with Gasteiger partial charge in [-0.05, 0) is 30.9 Å². The van der Waals surface area contributed by atoms with E-state index >= 15 is 0 Å². The lowest BCUT2D eigenvalue weighted by molar-refractivity contribution is 0.287. The average Bonchev–Trinajstić information content (AvgIpc) is 3.09. The van der Waals surface area contributed by atoms with Crippen molar-refractivity contribution in [3.63, 3.8) is 0 Å². The fraction of sp³-hybridized carbons (Fsp3) is 0.400. The number of aromatic nitrogens is 6. The third-order valence-electron chi connectivity index (χ3n) is 4.73. The standard InChI is InChI=1S/C15H16N8S/c1-24-15-16-5-4-12(18-15)23-10-6-11(23)8-21(7-10)14-3-2-13-19-17-9-22(13)20-14/h2-5,9-11H,6-8H2,1H3. The summed E-state index contributed by atoms with van der Waals surface area (Å²) in [5.41, 5.74) is 0.771. The lowest BCUT2D eigenvalue weighted by Gasteiger charge is -2.57. The molecule has 2 unspecified atom stereocenters. The highest BCUT2D eigenvalue weighted by Gasteiger charge is 2.45. The van der Waals surface area contributed by atoms with E-state index in [1.54, 1.807) is 22.6 Å². The van der Waals surface area contributed by atoms with Gasteiger partial charge in [0.1, 0.15) is 18.0 Å². The molecule has 3 aromatic rings. The van der Waals surface area contributed by atoms with E-state index in [4.69, 9.17) is 0 Å². The molecule has 2 atom stereocenters. The van der Waals surface area contributed by atoms with Gasteiger partial charge in [-0.3, -0.25) is 0 Å². The molecule has 6 rings (SSSR count). The summed E-state index contributed by atoms with van der Waals surface area (Å²) in [5, 5.41) is 13.3. The molecule has 122 valence electrons. The van der Waals surface area contributed by atoms with E-state index < -0.39 is 0 Å². The Morgan fingerprint density at radius 2 is 2.00 bits per heavy atom. The molecule has 3 saturated heterocycles. The van der Waals surface area contributed by atoms with Crippen molar-refractivity contribution in [2.24, 2.45) is 0 Å². The zero-order valence-electron chi connectivity index (χ0n) is 13.1. The Morgan fingerprint density at radius 3 is 2.83 bits per heavy atom. The van der Waals surface area contributed by atoms with Gasteiger partial charge >= 0.3 is 0 Å². The summed E-state index contributed by atoms with van der Waals surface area (Å²) in [6.45, 7) is 1.91. The van der Waals surface area contributed by atoms with Crippen LogP contribution in [0.3, 0.4) is 0 Å². The number of anilines is 2. The highest BCUT2D eigenvalue weighted by atomic mass is 32.2. The topological polar surface area (TPSA) is 75.3 Å². The van der Waals surface area contributed by atoms with Crippen molar-refractivity contribution < 1.29 is 0 Å². The van der Waals surface area contributed by atoms with Crippen LogP contribution in [0.15, 0.2) is 35.9 Å². The van der Waals surface area contributed by atoms with Gasteiger partial charge in [-0.2, -0.15) is 4.52 Å². The van der Waals surface area contributed by atoms with Crippen molar-refractivity contribution in [3.8, 4) is 0 Å². The minimum Gasteiger partial charge on any atom is -0.351 e. The largest absolute Gasteiger partial charge is 0.351 e. The van der Waals surface area contributed by atoms with Crippen LogP contribution in [-0.2, 0) is 0 Å². The van der Waals surface area contributed by atoms with Crippen molar-refractivity contribution in [2.45, 2.75) is 23.7 Å². The number of thioether (sulfide) groups is 1. The number of piperazine rings is 1. The molecule has 6 heterocycles. The molecule has 3 fully saturated rings. The minimum absolute atomic E-state index is 0.478. The van der Waals surface area contributed by atoms with Gasteiger partial charge in [0.15, 0.2) is 10.8 Å². The van der Waals surface area contributed by atoms with Gasteiger partial charge in [-0.25, -0.2) is 9.97 Å². The van der Waals surface area contributed by atoms with E-state index in [1.807, 2.05) is 30.7 Å². The average molecular weight is 340 g/mol. The molecule has 0 radical (unpaired) electrons. The van der Waals surface area contributed by atoms with Crippen molar-refractivity contribution >= 4 is 29.0 Å². The second-order valence-corrected chi connectivity index (χ2v) is 6.86. The van der Waals surface area contributed by atoms with E-state index in [9.17, 15) is 0 Å². The zero-order valence-corrected chi connectivity index (χ0v) is 14.0. The maximum atomic E-state index is 4.65. The Kier molecular flexibility index (Phi) is 3.09. The van der Waals surface area contributed by atoms with Crippen molar-refractivity contribution in [2.75, 3.05) is 29.1 Å². The number of hydrogen-bond donors (Lipinski definition) is 0. The maximum Gasteiger partial charge on any atom is 0.189 e. The fourth-order valence-corrected chi connectivity index (χ4v) is 3.98. The first-order valence-electron chi connectivity index (χ1n) is 7.89. The van der Waals surface area contributed by atoms with E-state index in [1.165, 1.54) is 6.42 Å². The second kappa shape index (κ2) is 5.30. The third kappa shape index (κ3) is 2.11. The Labute approximate surface area is 142 Å². The van der Waals surface area contributed by atoms with Gasteiger partial charge < -0.3 is 9.80 Å². The molecule has 0 spiro atoms. The zero-order chi connectivity index (χ0) is 16.1. The highest BCUT2D eigenvalue weighted by molar-refractivity contribution is 7.98. The predicted molar refractivity (Wildman–Crippen MR) is 91.5 cm³/mol. The molecular weight excluding hydrogens is 324 g/mol. The molecule has 3 aliphatic heterocycles. The van der Waals surface area contributed by atoms with Gasteiger partial charge in [0, 0.05) is 19.3 Å². The summed E-state index contributed by atoms with van der Waals surface area (Å²) in [7, 11) is 0. The van der Waals surface area contributed by atoms with Crippen LogP contribution in [-0.4, -0.2) is 61.2 Å². The summed E-state index contributed by atoms with van der Waals surface area (Å²) in [5.74, 6) is 2.02. The van der Waals surface area contributed by atoms with Crippen LogP contribution in [0.5, 0.6) is 0 Å². The summed E-state index contributed by atoms with van der Waals surface area (Å²) >= 11 is 1.58. The molecule has 8 nitrogen and oxygen atoms in total. The Morgan fingerprint density at radius 1 is 1.12 bits per heavy atom. The number of hydrogen-bond acceptors (Lipinski definition) is 8. The number of nitrogens with zero attached hydrogens (tertiary/aromatic N) is 8. The van der Waals surface area contributed by atoms with Crippen molar-refractivity contribution in [1.29, 1.82) is 0 Å². The lowest BCUT2D eigenvalue weighted by atomic mass is 9.87. The molecule has 3 aliphatic rings. The minimum atomic E-state index is 0.478. The van der Waals surface area contributed by atoms with Crippen LogP contribution >= 0.6 is 11.8 Å². The normalized spacial score (nSPS) is 22.7. The Balaban J connectivity index is 1.38. The predicted octanol–water partition coefficient (Wildman–Crippen LogP) is 1.10. The van der Waals surface area contributed by atoms with Crippen LogP contribution < -0.4 is 9.80 Å². The molecule has 24 heavy (non-hydrogen) atoms. The highest BCUT2D eigenvalue weighted by Crippen LogP contribution is 2.37. The second-order valence-electron chi connectivity index (χ2n) is 6.08. The monoisotopic (exact) mass is 340 g/mol. The molecule has 9 heteroatoms. The number of fused-ring (bicyclic) bond motifs is 3. The number of rotatable bonds is 3. The lowest BCUT2D eigenvalue weighted by Crippen LogP contribution is -2.69. The van der Waals surface area contributed by atoms with Crippen LogP contribution in [0.1, 0.15) is 6.42 Å². The first kappa shape index (κ1) is 14.0. The molecule has 0 amide bonds. The van der Waals surface area contributed by atoms with Gasteiger partial charge in [0.25, 0.3) is 0 Å². The molecule has 3 aromatic heterocycles. The van der Waals surface area contributed by atoms with Crippen LogP contribution in [0.2, 0.25) is 0 Å².